The molecule has 2 aliphatic rings. The van der Waals surface area contributed by atoms with Crippen LogP contribution in [0.2, 0.25) is 0 Å². The molecule has 2 fully saturated rings. The first-order valence-corrected chi connectivity index (χ1v) is 11.3. The minimum absolute atomic E-state index is 0. The fourth-order valence-corrected chi connectivity index (χ4v) is 4.13. The molecule has 2 N–H and O–H groups in total. The van der Waals surface area contributed by atoms with Gasteiger partial charge in [0.25, 0.3) is 0 Å². The minimum atomic E-state index is 0. The molecule has 0 spiro atoms. The van der Waals surface area contributed by atoms with Gasteiger partial charge in [-0.15, -0.1) is 24.0 Å². The van der Waals surface area contributed by atoms with Gasteiger partial charge in [-0.2, -0.15) is 0 Å². The van der Waals surface area contributed by atoms with Crippen molar-refractivity contribution >= 4 is 35.8 Å². The molecule has 1 amide bonds. The largest absolute Gasteiger partial charge is 0.357 e. The first-order valence-electron chi connectivity index (χ1n) is 11.3. The lowest BCUT2D eigenvalue weighted by atomic mass is 10.1. The number of nitrogens with zero attached hydrogens (tertiary/aromatic N) is 3. The number of aliphatic imine (C=N–C) groups is 1. The lowest BCUT2D eigenvalue weighted by molar-refractivity contribution is -0.128. The van der Waals surface area contributed by atoms with Gasteiger partial charge in [-0.05, 0) is 56.8 Å². The van der Waals surface area contributed by atoms with Crippen LogP contribution in [0.4, 0.5) is 0 Å². The Morgan fingerprint density at radius 2 is 1.63 bits per heavy atom. The fourth-order valence-electron chi connectivity index (χ4n) is 4.13. The summed E-state index contributed by atoms with van der Waals surface area (Å²) in [6.07, 6.45) is 7.61. The van der Waals surface area contributed by atoms with Crippen molar-refractivity contribution in [3.63, 3.8) is 0 Å². The molecule has 0 aromatic heterocycles. The van der Waals surface area contributed by atoms with E-state index in [4.69, 9.17) is 4.99 Å². The molecule has 7 heteroatoms. The van der Waals surface area contributed by atoms with E-state index < -0.39 is 0 Å². The Morgan fingerprint density at radius 3 is 2.33 bits per heavy atom. The fraction of sp³-hybridized carbons (Fsp3) is 0.652. The number of benzene rings is 1. The van der Waals surface area contributed by atoms with Crippen LogP contribution in [-0.4, -0.2) is 60.9 Å². The van der Waals surface area contributed by atoms with E-state index in [2.05, 4.69) is 39.8 Å². The van der Waals surface area contributed by atoms with E-state index in [9.17, 15) is 4.79 Å². The highest BCUT2D eigenvalue weighted by Gasteiger charge is 2.17. The number of hydrogen-bond acceptors (Lipinski definition) is 3. The monoisotopic (exact) mass is 527 g/mol. The molecule has 2 saturated heterocycles. The Kier molecular flexibility index (Phi) is 11.5. The maximum Gasteiger partial charge on any atom is 0.241 e. The van der Waals surface area contributed by atoms with E-state index in [0.29, 0.717) is 19.0 Å². The molecular weight excluding hydrogens is 489 g/mol. The van der Waals surface area contributed by atoms with E-state index in [1.807, 2.05) is 11.8 Å². The van der Waals surface area contributed by atoms with Crippen LogP contribution in [-0.2, 0) is 17.9 Å². The van der Waals surface area contributed by atoms with E-state index in [0.717, 1.165) is 39.0 Å². The maximum atomic E-state index is 12.3. The van der Waals surface area contributed by atoms with Gasteiger partial charge < -0.3 is 15.5 Å². The van der Waals surface area contributed by atoms with Crippen molar-refractivity contribution in [3.05, 3.63) is 35.4 Å². The van der Waals surface area contributed by atoms with Crippen LogP contribution in [0.15, 0.2) is 29.3 Å². The van der Waals surface area contributed by atoms with Gasteiger partial charge in [0.2, 0.25) is 5.91 Å². The molecule has 0 aliphatic carbocycles. The summed E-state index contributed by atoms with van der Waals surface area (Å²) < 4.78 is 0. The first kappa shape index (κ1) is 24.9. The SMILES string of the molecule is CCNC(=NCc1cccc(CN2CCCCCC2)c1)NCC(=O)N1CCCC1.I. The Morgan fingerprint density at radius 1 is 0.967 bits per heavy atom. The maximum absolute atomic E-state index is 12.3. The van der Waals surface area contributed by atoms with Crippen molar-refractivity contribution in [2.75, 3.05) is 39.3 Å². The smallest absolute Gasteiger partial charge is 0.241 e. The normalized spacial score (nSPS) is 17.9. The van der Waals surface area contributed by atoms with Gasteiger partial charge in [-0.1, -0.05) is 37.1 Å². The topological polar surface area (TPSA) is 60.0 Å². The molecule has 168 valence electrons. The molecule has 6 nitrogen and oxygen atoms in total. The zero-order chi connectivity index (χ0) is 20.3. The van der Waals surface area contributed by atoms with Gasteiger partial charge in [-0.25, -0.2) is 4.99 Å². The molecule has 0 saturated carbocycles. The van der Waals surface area contributed by atoms with Crippen molar-refractivity contribution in [2.24, 2.45) is 4.99 Å². The van der Waals surface area contributed by atoms with E-state index in [1.165, 1.54) is 49.9 Å². The molecule has 0 atom stereocenters. The van der Waals surface area contributed by atoms with Crippen LogP contribution in [0.1, 0.15) is 56.6 Å². The van der Waals surface area contributed by atoms with Gasteiger partial charge in [0.15, 0.2) is 5.96 Å². The summed E-state index contributed by atoms with van der Waals surface area (Å²) in [5.74, 6) is 0.866. The quantitative estimate of drug-likeness (QED) is 0.325. The van der Waals surface area contributed by atoms with Crippen LogP contribution in [0.3, 0.4) is 0 Å². The number of guanidine groups is 1. The average Bonchev–Trinajstić information content (AvgIpc) is 3.16. The summed E-state index contributed by atoms with van der Waals surface area (Å²) in [5.41, 5.74) is 2.57. The average molecular weight is 527 g/mol. The van der Waals surface area contributed by atoms with Crippen molar-refractivity contribution in [1.29, 1.82) is 0 Å². The zero-order valence-electron chi connectivity index (χ0n) is 18.4. The van der Waals surface area contributed by atoms with Crippen molar-refractivity contribution in [3.8, 4) is 0 Å². The predicted molar refractivity (Wildman–Crippen MR) is 134 cm³/mol. The number of carbonyl (C=O) groups is 1. The third kappa shape index (κ3) is 8.41. The zero-order valence-corrected chi connectivity index (χ0v) is 20.7. The van der Waals surface area contributed by atoms with Crippen LogP contribution in [0.25, 0.3) is 0 Å². The van der Waals surface area contributed by atoms with Crippen molar-refractivity contribution in [2.45, 2.75) is 58.5 Å². The standard InChI is InChI=1S/C23H37N5O.HI/c1-2-24-23(26-18-22(29)28-14-7-8-15-28)25-17-20-10-9-11-21(16-20)19-27-12-5-3-4-6-13-27;/h9-11,16H,2-8,12-15,17-19H2,1H3,(H2,24,25,26);1H. The summed E-state index contributed by atoms with van der Waals surface area (Å²) in [4.78, 5) is 21.5. The van der Waals surface area contributed by atoms with Crippen molar-refractivity contribution < 1.29 is 4.79 Å². The summed E-state index contributed by atoms with van der Waals surface area (Å²) in [6.45, 7) is 8.96. The van der Waals surface area contributed by atoms with Gasteiger partial charge >= 0.3 is 0 Å². The highest BCUT2D eigenvalue weighted by Crippen LogP contribution is 2.14. The number of amides is 1. The molecule has 2 aliphatic heterocycles. The number of rotatable bonds is 7. The number of halogens is 1. The summed E-state index contributed by atoms with van der Waals surface area (Å²) in [7, 11) is 0. The summed E-state index contributed by atoms with van der Waals surface area (Å²) in [5, 5.41) is 6.44. The highest BCUT2D eigenvalue weighted by molar-refractivity contribution is 14.0. The third-order valence-electron chi connectivity index (χ3n) is 5.73. The van der Waals surface area contributed by atoms with E-state index >= 15 is 0 Å². The Hall–Kier alpha value is -1.35. The van der Waals surface area contributed by atoms with Crippen LogP contribution in [0, 0.1) is 0 Å². The van der Waals surface area contributed by atoms with Crippen molar-refractivity contribution in [1.82, 2.24) is 20.4 Å². The molecule has 2 heterocycles. The number of likely N-dealkylation sites (tertiary alicyclic amines) is 2. The van der Waals surface area contributed by atoms with Crippen LogP contribution in [0.5, 0.6) is 0 Å². The molecule has 1 aromatic rings. The highest BCUT2D eigenvalue weighted by atomic mass is 127. The molecule has 3 rings (SSSR count). The Balaban J connectivity index is 0.00000320. The summed E-state index contributed by atoms with van der Waals surface area (Å²) >= 11 is 0. The van der Waals surface area contributed by atoms with E-state index in [1.54, 1.807) is 0 Å². The lowest BCUT2D eigenvalue weighted by Gasteiger charge is -2.20. The van der Waals surface area contributed by atoms with Crippen LogP contribution >= 0.6 is 24.0 Å². The minimum Gasteiger partial charge on any atom is -0.357 e. The predicted octanol–water partition coefficient (Wildman–Crippen LogP) is 3.36. The summed E-state index contributed by atoms with van der Waals surface area (Å²) in [6, 6.07) is 8.76. The van der Waals surface area contributed by atoms with Gasteiger partial charge in [0.05, 0.1) is 13.1 Å². The molecule has 0 bridgehead atoms. The number of hydrogen-bond donors (Lipinski definition) is 2. The molecular formula is C23H38IN5O. The van der Waals surface area contributed by atoms with Crippen LogP contribution < -0.4 is 10.6 Å². The first-order chi connectivity index (χ1) is 14.2. The number of nitrogens with one attached hydrogen (secondary N) is 2. The molecule has 30 heavy (non-hydrogen) atoms. The molecule has 0 unspecified atom stereocenters. The third-order valence-corrected chi connectivity index (χ3v) is 5.73. The molecule has 1 aromatic carbocycles. The Bertz CT molecular complexity index is 667. The molecule has 0 radical (unpaired) electrons. The second kappa shape index (κ2) is 13.9. The van der Waals surface area contributed by atoms with E-state index in [-0.39, 0.29) is 29.9 Å². The second-order valence-electron chi connectivity index (χ2n) is 8.15. The second-order valence-corrected chi connectivity index (χ2v) is 8.15. The van der Waals surface area contributed by atoms with Gasteiger partial charge in [-0.3, -0.25) is 9.69 Å². The lowest BCUT2D eigenvalue weighted by Crippen LogP contribution is -2.44. The Labute approximate surface area is 198 Å². The number of carbonyl (C=O) groups excluding carboxylic acids is 1. The van der Waals surface area contributed by atoms with Gasteiger partial charge in [0.1, 0.15) is 0 Å². The van der Waals surface area contributed by atoms with Gasteiger partial charge in [0, 0.05) is 26.2 Å².